The molecule has 0 aliphatic carbocycles. The third-order valence-electron chi connectivity index (χ3n) is 5.35. The fourth-order valence-electron chi connectivity index (χ4n) is 3.76. The summed E-state index contributed by atoms with van der Waals surface area (Å²) < 4.78 is 27.1. The van der Waals surface area contributed by atoms with Crippen LogP contribution in [0.15, 0.2) is 21.7 Å². The van der Waals surface area contributed by atoms with Crippen molar-refractivity contribution in [2.45, 2.75) is 43.2 Å². The maximum absolute atomic E-state index is 12.7. The summed E-state index contributed by atoms with van der Waals surface area (Å²) >= 11 is 1.26. The number of likely N-dealkylation sites (tertiary alicyclic amines) is 1. The van der Waals surface area contributed by atoms with E-state index >= 15 is 0 Å². The van der Waals surface area contributed by atoms with Crippen LogP contribution in [-0.4, -0.2) is 49.7 Å². The topological polar surface area (TPSA) is 57.7 Å². The van der Waals surface area contributed by atoms with Crippen molar-refractivity contribution < 1.29 is 13.2 Å². The van der Waals surface area contributed by atoms with Crippen LogP contribution in [0, 0.1) is 11.8 Å². The van der Waals surface area contributed by atoms with E-state index in [-0.39, 0.29) is 17.7 Å². The molecule has 7 heteroatoms. The Morgan fingerprint density at radius 2 is 1.83 bits per heavy atom. The Kier molecular flexibility index (Phi) is 5.62. The molecule has 5 nitrogen and oxygen atoms in total. The third-order valence-corrected chi connectivity index (χ3v) is 8.62. The molecular weight excluding hydrogens is 344 g/mol. The minimum absolute atomic E-state index is 0.00491. The molecule has 0 saturated carbocycles. The highest BCUT2D eigenvalue weighted by Crippen LogP contribution is 2.31. The Bertz CT molecular complexity index is 643. The van der Waals surface area contributed by atoms with Gasteiger partial charge in [0.2, 0.25) is 5.91 Å². The Morgan fingerprint density at radius 1 is 1.17 bits per heavy atom. The largest absolute Gasteiger partial charge is 0.342 e. The van der Waals surface area contributed by atoms with Crippen LogP contribution in [0.2, 0.25) is 0 Å². The number of nitrogens with zero attached hydrogens (tertiary/aromatic N) is 2. The monoisotopic (exact) mass is 370 g/mol. The van der Waals surface area contributed by atoms with Crippen LogP contribution in [0.1, 0.15) is 39.0 Å². The molecule has 2 saturated heterocycles. The highest BCUT2D eigenvalue weighted by molar-refractivity contribution is 7.91. The van der Waals surface area contributed by atoms with E-state index in [0.29, 0.717) is 17.3 Å². The lowest BCUT2D eigenvalue weighted by molar-refractivity contribution is -0.138. The predicted octanol–water partition coefficient (Wildman–Crippen LogP) is 2.80. The zero-order valence-electron chi connectivity index (χ0n) is 14.2. The first-order valence-electron chi connectivity index (χ1n) is 8.82. The molecule has 1 unspecified atom stereocenters. The van der Waals surface area contributed by atoms with Gasteiger partial charge in [-0.15, -0.1) is 11.3 Å². The van der Waals surface area contributed by atoms with Gasteiger partial charge in [-0.2, -0.15) is 4.31 Å². The lowest BCUT2D eigenvalue weighted by Crippen LogP contribution is -2.44. The SMILES string of the molecule is CC(C(=O)N1CCCCC1)C1CCN(S(=O)(=O)c2cccs2)CC1. The quantitative estimate of drug-likeness (QED) is 0.819. The first-order chi connectivity index (χ1) is 11.5. The molecule has 1 aromatic rings. The Morgan fingerprint density at radius 3 is 2.42 bits per heavy atom. The molecular formula is C17H26N2O3S2. The van der Waals surface area contributed by atoms with Gasteiger partial charge in [-0.3, -0.25) is 4.79 Å². The van der Waals surface area contributed by atoms with Crippen molar-refractivity contribution in [1.82, 2.24) is 9.21 Å². The van der Waals surface area contributed by atoms with Crippen molar-refractivity contribution in [3.63, 3.8) is 0 Å². The summed E-state index contributed by atoms with van der Waals surface area (Å²) in [6, 6.07) is 3.43. The lowest BCUT2D eigenvalue weighted by atomic mass is 9.85. The van der Waals surface area contributed by atoms with Crippen LogP contribution in [0.3, 0.4) is 0 Å². The molecule has 0 aromatic carbocycles. The summed E-state index contributed by atoms with van der Waals surface area (Å²) in [4.78, 5) is 14.7. The number of amides is 1. The van der Waals surface area contributed by atoms with Gasteiger partial charge < -0.3 is 4.90 Å². The summed E-state index contributed by atoms with van der Waals surface area (Å²) in [6.45, 7) is 4.82. The van der Waals surface area contributed by atoms with E-state index in [1.54, 1.807) is 21.8 Å². The van der Waals surface area contributed by atoms with E-state index in [9.17, 15) is 13.2 Å². The van der Waals surface area contributed by atoms with Crippen molar-refractivity contribution in [2.75, 3.05) is 26.2 Å². The van der Waals surface area contributed by atoms with E-state index < -0.39 is 10.0 Å². The van der Waals surface area contributed by atoms with Crippen LogP contribution in [0.25, 0.3) is 0 Å². The van der Waals surface area contributed by atoms with Crippen LogP contribution in [0.4, 0.5) is 0 Å². The zero-order chi connectivity index (χ0) is 17.2. The Hall–Kier alpha value is -0.920. The molecule has 1 amide bonds. The molecule has 3 rings (SSSR count). The van der Waals surface area contributed by atoms with Gasteiger partial charge >= 0.3 is 0 Å². The number of rotatable bonds is 4. The second-order valence-corrected chi connectivity index (χ2v) is 9.96. The van der Waals surface area contributed by atoms with Crippen molar-refractivity contribution in [2.24, 2.45) is 11.8 Å². The van der Waals surface area contributed by atoms with E-state index in [2.05, 4.69) is 0 Å². The Labute approximate surface area is 148 Å². The van der Waals surface area contributed by atoms with Gasteiger partial charge in [-0.05, 0) is 49.5 Å². The first kappa shape index (κ1) is 17.9. The second-order valence-electron chi connectivity index (χ2n) is 6.85. The van der Waals surface area contributed by atoms with Gasteiger partial charge in [-0.1, -0.05) is 13.0 Å². The maximum Gasteiger partial charge on any atom is 0.252 e. The van der Waals surface area contributed by atoms with E-state index in [1.807, 2.05) is 11.8 Å². The Balaban J connectivity index is 1.57. The zero-order valence-corrected chi connectivity index (χ0v) is 15.8. The summed E-state index contributed by atoms with van der Waals surface area (Å²) in [7, 11) is -3.35. The fourth-order valence-corrected chi connectivity index (χ4v) is 6.37. The normalized spacial score (nSPS) is 22.5. The van der Waals surface area contributed by atoms with Gasteiger partial charge in [0.25, 0.3) is 10.0 Å². The summed E-state index contributed by atoms with van der Waals surface area (Å²) in [6.07, 6.45) is 4.97. The highest BCUT2D eigenvalue weighted by atomic mass is 32.2. The smallest absolute Gasteiger partial charge is 0.252 e. The molecule has 1 atom stereocenters. The van der Waals surface area contributed by atoms with Crippen LogP contribution >= 0.6 is 11.3 Å². The molecule has 3 heterocycles. The summed E-state index contributed by atoms with van der Waals surface area (Å²) in [5.41, 5.74) is 0. The number of sulfonamides is 1. The fraction of sp³-hybridized carbons (Fsp3) is 0.706. The van der Waals surface area contributed by atoms with Crippen molar-refractivity contribution in [3.8, 4) is 0 Å². The number of hydrogen-bond donors (Lipinski definition) is 0. The van der Waals surface area contributed by atoms with Crippen LogP contribution in [-0.2, 0) is 14.8 Å². The van der Waals surface area contributed by atoms with Crippen LogP contribution in [0.5, 0.6) is 0 Å². The van der Waals surface area contributed by atoms with E-state index in [4.69, 9.17) is 0 Å². The highest BCUT2D eigenvalue weighted by Gasteiger charge is 2.35. The summed E-state index contributed by atoms with van der Waals surface area (Å²) in [5.74, 6) is 0.540. The number of carbonyl (C=O) groups excluding carboxylic acids is 1. The van der Waals surface area contributed by atoms with Crippen molar-refractivity contribution in [3.05, 3.63) is 17.5 Å². The molecule has 24 heavy (non-hydrogen) atoms. The van der Waals surface area contributed by atoms with Crippen LogP contribution < -0.4 is 0 Å². The minimum atomic E-state index is -3.35. The second kappa shape index (κ2) is 7.54. The van der Waals surface area contributed by atoms with Gasteiger partial charge in [-0.25, -0.2) is 8.42 Å². The molecule has 1 aromatic heterocycles. The van der Waals surface area contributed by atoms with Crippen molar-refractivity contribution in [1.29, 1.82) is 0 Å². The third kappa shape index (κ3) is 3.68. The molecule has 2 aliphatic heterocycles. The number of carbonyl (C=O) groups is 1. The van der Waals surface area contributed by atoms with Gasteiger partial charge in [0, 0.05) is 32.1 Å². The molecule has 134 valence electrons. The first-order valence-corrected chi connectivity index (χ1v) is 11.1. The lowest BCUT2D eigenvalue weighted by Gasteiger charge is -2.36. The van der Waals surface area contributed by atoms with Gasteiger partial charge in [0.1, 0.15) is 4.21 Å². The molecule has 2 aliphatic rings. The average molecular weight is 371 g/mol. The molecule has 0 spiro atoms. The van der Waals surface area contributed by atoms with Crippen molar-refractivity contribution >= 4 is 27.3 Å². The predicted molar refractivity (Wildman–Crippen MR) is 95.4 cm³/mol. The van der Waals surface area contributed by atoms with E-state index in [0.717, 1.165) is 38.8 Å². The van der Waals surface area contributed by atoms with Gasteiger partial charge in [0.05, 0.1) is 0 Å². The number of piperidine rings is 2. The number of thiophene rings is 1. The minimum Gasteiger partial charge on any atom is -0.342 e. The summed E-state index contributed by atoms with van der Waals surface area (Å²) in [5, 5.41) is 1.79. The maximum atomic E-state index is 12.7. The molecule has 0 bridgehead atoms. The molecule has 0 N–H and O–H groups in total. The average Bonchev–Trinajstić information content (AvgIpc) is 3.17. The van der Waals surface area contributed by atoms with Gasteiger partial charge in [0.15, 0.2) is 0 Å². The van der Waals surface area contributed by atoms with E-state index in [1.165, 1.54) is 17.8 Å². The number of hydrogen-bond acceptors (Lipinski definition) is 4. The molecule has 2 fully saturated rings. The molecule has 0 radical (unpaired) electrons. The standard InChI is InChI=1S/C17H26N2O3S2/c1-14(17(20)18-9-3-2-4-10-18)15-7-11-19(12-8-15)24(21,22)16-6-5-13-23-16/h5-6,13-15H,2-4,7-12H2,1H3.